The summed E-state index contributed by atoms with van der Waals surface area (Å²) in [5, 5.41) is 0. The molecule has 3 aliphatic heterocycles. The quantitative estimate of drug-likeness (QED) is 0.752. The van der Waals surface area contributed by atoms with Crippen molar-refractivity contribution in [2.45, 2.75) is 37.9 Å². The van der Waals surface area contributed by atoms with Crippen LogP contribution in [0.5, 0.6) is 0 Å². The lowest BCUT2D eigenvalue weighted by molar-refractivity contribution is -0.137. The zero-order chi connectivity index (χ0) is 20.3. The molecule has 162 valence electrons. The summed E-state index contributed by atoms with van der Waals surface area (Å²) in [5.41, 5.74) is 0.125. The average molecular weight is 412 g/mol. The fraction of sp³-hybridized carbons (Fsp3) is 0.727. The highest BCUT2D eigenvalue weighted by Crippen LogP contribution is 2.32. The Morgan fingerprint density at radius 3 is 2.24 bits per heavy atom. The fourth-order valence-electron chi connectivity index (χ4n) is 4.99. The number of likely N-dealkylation sites (tertiary alicyclic amines) is 1. The molecule has 3 fully saturated rings. The maximum absolute atomic E-state index is 13.0. The second-order valence-electron chi connectivity index (χ2n) is 8.66. The van der Waals surface area contributed by atoms with E-state index in [1.165, 1.54) is 44.4 Å². The first kappa shape index (κ1) is 20.9. The maximum atomic E-state index is 13.0. The molecule has 3 heterocycles. The van der Waals surface area contributed by atoms with Crippen LogP contribution in [-0.4, -0.2) is 74.9 Å². The normalized spacial score (nSPS) is 24.2. The Balaban J connectivity index is 1.23. The van der Waals surface area contributed by atoms with Crippen molar-refractivity contribution in [3.8, 4) is 0 Å². The minimum atomic E-state index is -4.28. The molecule has 0 N–H and O–H groups in total. The van der Waals surface area contributed by atoms with Gasteiger partial charge < -0.3 is 14.5 Å². The molecule has 0 atom stereocenters. The summed E-state index contributed by atoms with van der Waals surface area (Å²) >= 11 is 0. The molecule has 0 aromatic heterocycles. The third-order valence-corrected chi connectivity index (χ3v) is 6.78. The number of piperazine rings is 1. The van der Waals surface area contributed by atoms with Crippen molar-refractivity contribution in [3.63, 3.8) is 0 Å². The topological polar surface area (TPSA) is 19.0 Å². The number of piperidine rings is 1. The van der Waals surface area contributed by atoms with E-state index in [0.29, 0.717) is 11.7 Å². The minimum absolute atomic E-state index is 0.561. The van der Waals surface area contributed by atoms with Crippen LogP contribution < -0.4 is 4.90 Å². The molecule has 1 aromatic carbocycles. The third-order valence-electron chi connectivity index (χ3n) is 6.78. The number of ether oxygens (including phenoxy) is 1. The van der Waals surface area contributed by atoms with E-state index in [9.17, 15) is 13.2 Å². The van der Waals surface area contributed by atoms with Crippen molar-refractivity contribution in [3.05, 3.63) is 29.8 Å². The molecule has 3 saturated heterocycles. The SMILES string of the molecule is FC(F)(F)c1cccc(N2CCN(C3CCN(CC4CCOCC4)CC3)CC2)c1. The van der Waals surface area contributed by atoms with Crippen LogP contribution in [0.4, 0.5) is 18.9 Å². The number of rotatable bonds is 4. The van der Waals surface area contributed by atoms with Gasteiger partial charge in [-0.2, -0.15) is 13.2 Å². The van der Waals surface area contributed by atoms with Gasteiger partial charge in [-0.15, -0.1) is 0 Å². The molecule has 7 heteroatoms. The van der Waals surface area contributed by atoms with Crippen LogP contribution in [-0.2, 0) is 10.9 Å². The van der Waals surface area contributed by atoms with Crippen molar-refractivity contribution < 1.29 is 17.9 Å². The Labute approximate surface area is 171 Å². The van der Waals surface area contributed by atoms with Crippen LogP contribution >= 0.6 is 0 Å². The predicted octanol–water partition coefficient (Wildman–Crippen LogP) is 3.72. The molecule has 0 saturated carbocycles. The Morgan fingerprint density at radius 2 is 1.59 bits per heavy atom. The van der Waals surface area contributed by atoms with Crippen LogP contribution in [0, 0.1) is 5.92 Å². The van der Waals surface area contributed by atoms with Crippen molar-refractivity contribution in [1.82, 2.24) is 9.80 Å². The predicted molar refractivity (Wildman–Crippen MR) is 108 cm³/mol. The summed E-state index contributed by atoms with van der Waals surface area (Å²) in [4.78, 5) is 7.26. The molecule has 0 unspecified atom stereocenters. The van der Waals surface area contributed by atoms with E-state index in [2.05, 4.69) is 14.7 Å². The van der Waals surface area contributed by atoms with Crippen molar-refractivity contribution in [2.75, 3.05) is 63.9 Å². The molecule has 1 aromatic rings. The molecule has 0 spiro atoms. The van der Waals surface area contributed by atoms with Gasteiger partial charge in [-0.05, 0) is 62.9 Å². The Bertz CT molecular complexity index is 647. The molecule has 4 nitrogen and oxygen atoms in total. The fourth-order valence-corrected chi connectivity index (χ4v) is 4.99. The van der Waals surface area contributed by atoms with E-state index in [-0.39, 0.29) is 0 Å². The molecular weight excluding hydrogens is 379 g/mol. The Hall–Kier alpha value is -1.31. The van der Waals surface area contributed by atoms with Gasteiger partial charge in [0.25, 0.3) is 0 Å². The van der Waals surface area contributed by atoms with Gasteiger partial charge in [0.15, 0.2) is 0 Å². The summed E-state index contributed by atoms with van der Waals surface area (Å²) in [6, 6.07) is 6.35. The highest BCUT2D eigenvalue weighted by Gasteiger charge is 2.32. The lowest BCUT2D eigenvalue weighted by Gasteiger charge is -2.44. The first-order valence-electron chi connectivity index (χ1n) is 11.0. The summed E-state index contributed by atoms with van der Waals surface area (Å²) in [6.07, 6.45) is 0.505. The number of anilines is 1. The zero-order valence-electron chi connectivity index (χ0n) is 17.0. The Kier molecular flexibility index (Phi) is 6.66. The van der Waals surface area contributed by atoms with Crippen LogP contribution in [0.3, 0.4) is 0 Å². The van der Waals surface area contributed by atoms with E-state index in [4.69, 9.17) is 4.74 Å². The number of hydrogen-bond acceptors (Lipinski definition) is 4. The highest BCUT2D eigenvalue weighted by atomic mass is 19.4. The second kappa shape index (κ2) is 9.23. The van der Waals surface area contributed by atoms with Crippen molar-refractivity contribution >= 4 is 5.69 Å². The van der Waals surface area contributed by atoms with Gasteiger partial charge in [-0.1, -0.05) is 6.07 Å². The van der Waals surface area contributed by atoms with Crippen LogP contribution in [0.15, 0.2) is 24.3 Å². The van der Waals surface area contributed by atoms with Crippen LogP contribution in [0.1, 0.15) is 31.2 Å². The van der Waals surface area contributed by atoms with Gasteiger partial charge in [0.2, 0.25) is 0 Å². The number of nitrogens with zero attached hydrogens (tertiary/aromatic N) is 3. The largest absolute Gasteiger partial charge is 0.416 e. The zero-order valence-corrected chi connectivity index (χ0v) is 17.0. The molecular formula is C22H32F3N3O. The molecule has 0 bridgehead atoms. The highest BCUT2D eigenvalue weighted by molar-refractivity contribution is 5.49. The molecule has 4 rings (SSSR count). The summed E-state index contributed by atoms with van der Waals surface area (Å²) < 4.78 is 44.4. The first-order valence-corrected chi connectivity index (χ1v) is 11.0. The third kappa shape index (κ3) is 5.44. The smallest absolute Gasteiger partial charge is 0.381 e. The van der Waals surface area contributed by atoms with Gasteiger partial charge in [0, 0.05) is 57.7 Å². The summed E-state index contributed by atoms with van der Waals surface area (Å²) in [5.74, 6) is 0.788. The minimum Gasteiger partial charge on any atom is -0.381 e. The molecule has 29 heavy (non-hydrogen) atoms. The number of halogens is 3. The maximum Gasteiger partial charge on any atom is 0.416 e. The van der Waals surface area contributed by atoms with Crippen LogP contribution in [0.2, 0.25) is 0 Å². The van der Waals surface area contributed by atoms with E-state index in [1.54, 1.807) is 6.07 Å². The van der Waals surface area contributed by atoms with E-state index >= 15 is 0 Å². The van der Waals surface area contributed by atoms with Crippen molar-refractivity contribution in [1.29, 1.82) is 0 Å². The second-order valence-corrected chi connectivity index (χ2v) is 8.66. The summed E-state index contributed by atoms with van der Waals surface area (Å²) in [6.45, 7) is 8.81. The summed E-state index contributed by atoms with van der Waals surface area (Å²) in [7, 11) is 0. The number of alkyl halides is 3. The van der Waals surface area contributed by atoms with E-state index < -0.39 is 11.7 Å². The lowest BCUT2D eigenvalue weighted by atomic mass is 9.96. The van der Waals surface area contributed by atoms with Gasteiger partial charge in [0.05, 0.1) is 5.56 Å². The van der Waals surface area contributed by atoms with Gasteiger partial charge in [-0.25, -0.2) is 0 Å². The average Bonchev–Trinajstić information content (AvgIpc) is 2.75. The number of benzene rings is 1. The Morgan fingerprint density at radius 1 is 0.897 bits per heavy atom. The first-order chi connectivity index (χ1) is 14.0. The molecule has 0 aliphatic carbocycles. The molecule has 3 aliphatic rings. The molecule has 0 amide bonds. The lowest BCUT2D eigenvalue weighted by Crippen LogP contribution is -2.53. The van der Waals surface area contributed by atoms with Gasteiger partial charge in [-0.3, -0.25) is 4.90 Å². The van der Waals surface area contributed by atoms with Crippen LogP contribution in [0.25, 0.3) is 0 Å². The van der Waals surface area contributed by atoms with E-state index in [1.807, 2.05) is 0 Å². The standard InChI is InChI=1S/C22H32F3N3O/c23-22(24,25)19-2-1-3-21(16-19)28-12-10-27(11-13-28)20-4-8-26(9-5-20)17-18-6-14-29-15-7-18/h1-3,16,18,20H,4-15,17H2. The van der Waals surface area contributed by atoms with E-state index in [0.717, 1.165) is 64.5 Å². The molecule has 0 radical (unpaired) electrons. The monoisotopic (exact) mass is 411 g/mol. The van der Waals surface area contributed by atoms with Gasteiger partial charge >= 0.3 is 6.18 Å². The van der Waals surface area contributed by atoms with Gasteiger partial charge in [0.1, 0.15) is 0 Å². The number of hydrogen-bond donors (Lipinski definition) is 0. The van der Waals surface area contributed by atoms with Crippen molar-refractivity contribution in [2.24, 2.45) is 5.92 Å².